The number of nitrogens with one attached hydrogen (secondary N) is 1. The van der Waals surface area contributed by atoms with E-state index < -0.39 is 18.8 Å². The average Bonchev–Trinajstić information content (AvgIpc) is 2.21. The standard InChI is InChI=1S/C12H15F4NO/c1-8-5-10(3-4-11(8)13)18-9(2)6-17-7-12(14,15)16/h3-5,9,17H,6-7H2,1-2H3. The van der Waals surface area contributed by atoms with Crippen molar-refractivity contribution in [3.63, 3.8) is 0 Å². The highest BCUT2D eigenvalue weighted by atomic mass is 19.4. The molecule has 6 heteroatoms. The van der Waals surface area contributed by atoms with Gasteiger partial charge < -0.3 is 10.1 Å². The Balaban J connectivity index is 2.40. The molecule has 1 rings (SSSR count). The maximum atomic E-state index is 13.0. The maximum absolute atomic E-state index is 13.0. The van der Waals surface area contributed by atoms with E-state index in [1.807, 2.05) is 0 Å². The number of halogens is 4. The summed E-state index contributed by atoms with van der Waals surface area (Å²) in [6, 6.07) is 4.22. The monoisotopic (exact) mass is 265 g/mol. The normalized spacial score (nSPS) is 13.4. The Labute approximate surface area is 103 Å². The SMILES string of the molecule is Cc1cc(OC(C)CNCC(F)(F)F)ccc1F. The lowest BCUT2D eigenvalue weighted by atomic mass is 10.2. The quantitative estimate of drug-likeness (QED) is 0.826. The summed E-state index contributed by atoms with van der Waals surface area (Å²) in [6.07, 6.45) is -4.66. The molecule has 0 aliphatic carbocycles. The van der Waals surface area contributed by atoms with Gasteiger partial charge in [0.15, 0.2) is 0 Å². The Kier molecular flexibility index (Phi) is 4.95. The summed E-state index contributed by atoms with van der Waals surface area (Å²) in [7, 11) is 0. The van der Waals surface area contributed by atoms with Crippen molar-refractivity contribution in [2.75, 3.05) is 13.1 Å². The molecule has 0 radical (unpaired) electrons. The fraction of sp³-hybridized carbons (Fsp3) is 0.500. The first-order valence-corrected chi connectivity index (χ1v) is 5.48. The van der Waals surface area contributed by atoms with Crippen molar-refractivity contribution >= 4 is 0 Å². The van der Waals surface area contributed by atoms with Crippen LogP contribution in [0.3, 0.4) is 0 Å². The molecule has 1 aromatic rings. The van der Waals surface area contributed by atoms with E-state index in [2.05, 4.69) is 5.32 Å². The molecule has 1 unspecified atom stereocenters. The van der Waals surface area contributed by atoms with E-state index in [1.165, 1.54) is 18.2 Å². The predicted octanol–water partition coefficient (Wildman–Crippen LogP) is 3.05. The van der Waals surface area contributed by atoms with E-state index in [9.17, 15) is 17.6 Å². The first-order valence-electron chi connectivity index (χ1n) is 5.48. The lowest BCUT2D eigenvalue weighted by molar-refractivity contribution is -0.125. The molecule has 18 heavy (non-hydrogen) atoms. The van der Waals surface area contributed by atoms with E-state index >= 15 is 0 Å². The van der Waals surface area contributed by atoms with Gasteiger partial charge in [0, 0.05) is 6.54 Å². The Morgan fingerprint density at radius 1 is 1.33 bits per heavy atom. The van der Waals surface area contributed by atoms with Gasteiger partial charge in [-0.2, -0.15) is 13.2 Å². The molecule has 2 nitrogen and oxygen atoms in total. The van der Waals surface area contributed by atoms with Crippen molar-refractivity contribution in [1.82, 2.24) is 5.32 Å². The minimum Gasteiger partial charge on any atom is -0.489 e. The molecule has 1 atom stereocenters. The summed E-state index contributed by atoms with van der Waals surface area (Å²) in [5.41, 5.74) is 0.433. The van der Waals surface area contributed by atoms with E-state index in [0.717, 1.165) is 0 Å². The molecule has 0 bridgehead atoms. The average molecular weight is 265 g/mol. The Bertz CT molecular complexity index is 392. The van der Waals surface area contributed by atoms with Crippen LogP contribution in [0, 0.1) is 12.7 Å². The second-order valence-corrected chi connectivity index (χ2v) is 4.09. The van der Waals surface area contributed by atoms with E-state index in [0.29, 0.717) is 11.3 Å². The lowest BCUT2D eigenvalue weighted by Crippen LogP contribution is -2.35. The number of ether oxygens (including phenoxy) is 1. The fourth-order valence-corrected chi connectivity index (χ4v) is 1.38. The summed E-state index contributed by atoms with van der Waals surface area (Å²) < 4.78 is 54.0. The van der Waals surface area contributed by atoms with Crippen molar-refractivity contribution in [1.29, 1.82) is 0 Å². The first-order chi connectivity index (χ1) is 8.28. The number of rotatable bonds is 5. The Hall–Kier alpha value is -1.30. The molecule has 0 spiro atoms. The molecule has 0 fully saturated rings. The van der Waals surface area contributed by atoms with Crippen LogP contribution in [0.4, 0.5) is 17.6 Å². The summed E-state index contributed by atoms with van der Waals surface area (Å²) in [5.74, 6) is 0.0976. The van der Waals surface area contributed by atoms with Gasteiger partial charge in [0.2, 0.25) is 0 Å². The zero-order chi connectivity index (χ0) is 13.8. The van der Waals surface area contributed by atoms with Gasteiger partial charge in [0.25, 0.3) is 0 Å². The van der Waals surface area contributed by atoms with Crippen LogP contribution in [0.2, 0.25) is 0 Å². The zero-order valence-corrected chi connectivity index (χ0v) is 10.1. The van der Waals surface area contributed by atoms with Crippen molar-refractivity contribution < 1.29 is 22.3 Å². The molecule has 1 aromatic carbocycles. The van der Waals surface area contributed by atoms with Crippen LogP contribution in [0.5, 0.6) is 5.75 Å². The largest absolute Gasteiger partial charge is 0.489 e. The molecule has 102 valence electrons. The van der Waals surface area contributed by atoms with Crippen LogP contribution in [-0.4, -0.2) is 25.4 Å². The Morgan fingerprint density at radius 2 is 2.00 bits per heavy atom. The third-order valence-electron chi connectivity index (χ3n) is 2.22. The lowest BCUT2D eigenvalue weighted by Gasteiger charge is -2.16. The van der Waals surface area contributed by atoms with E-state index in [4.69, 9.17) is 4.74 Å². The number of aryl methyl sites for hydroxylation is 1. The van der Waals surface area contributed by atoms with Crippen LogP contribution in [-0.2, 0) is 0 Å². The second-order valence-electron chi connectivity index (χ2n) is 4.09. The van der Waals surface area contributed by atoms with Crippen LogP contribution in [0.1, 0.15) is 12.5 Å². The Morgan fingerprint density at radius 3 is 2.56 bits per heavy atom. The van der Waals surface area contributed by atoms with Crippen molar-refractivity contribution in [2.45, 2.75) is 26.1 Å². The predicted molar refractivity (Wildman–Crippen MR) is 60.2 cm³/mol. The molecule has 0 aromatic heterocycles. The molecule has 0 saturated carbocycles. The molecular formula is C12H15F4NO. The topological polar surface area (TPSA) is 21.3 Å². The minimum atomic E-state index is -4.23. The third kappa shape index (κ3) is 5.35. The number of alkyl halides is 3. The molecule has 0 aliphatic heterocycles. The first kappa shape index (κ1) is 14.8. The van der Waals surface area contributed by atoms with Gasteiger partial charge in [-0.25, -0.2) is 4.39 Å². The third-order valence-corrected chi connectivity index (χ3v) is 2.22. The van der Waals surface area contributed by atoms with Crippen molar-refractivity contribution in [3.05, 3.63) is 29.6 Å². The van der Waals surface area contributed by atoms with Crippen LogP contribution < -0.4 is 10.1 Å². The van der Waals surface area contributed by atoms with E-state index in [-0.39, 0.29) is 12.4 Å². The fourth-order valence-electron chi connectivity index (χ4n) is 1.38. The van der Waals surface area contributed by atoms with Gasteiger partial charge in [-0.15, -0.1) is 0 Å². The van der Waals surface area contributed by atoms with Crippen LogP contribution >= 0.6 is 0 Å². The van der Waals surface area contributed by atoms with Crippen molar-refractivity contribution in [2.24, 2.45) is 0 Å². The highest BCUT2D eigenvalue weighted by Gasteiger charge is 2.26. The molecule has 1 N–H and O–H groups in total. The minimum absolute atomic E-state index is 0.0654. The van der Waals surface area contributed by atoms with Gasteiger partial charge in [-0.1, -0.05) is 0 Å². The van der Waals surface area contributed by atoms with Crippen LogP contribution in [0.15, 0.2) is 18.2 Å². The highest BCUT2D eigenvalue weighted by molar-refractivity contribution is 5.28. The smallest absolute Gasteiger partial charge is 0.401 e. The maximum Gasteiger partial charge on any atom is 0.401 e. The number of hydrogen-bond donors (Lipinski definition) is 1. The molecule has 0 aliphatic rings. The summed E-state index contributed by atoms with van der Waals surface area (Å²) in [4.78, 5) is 0. The molecule has 0 saturated heterocycles. The zero-order valence-electron chi connectivity index (χ0n) is 10.1. The van der Waals surface area contributed by atoms with Gasteiger partial charge in [-0.3, -0.25) is 0 Å². The number of benzene rings is 1. The highest BCUT2D eigenvalue weighted by Crippen LogP contribution is 2.17. The van der Waals surface area contributed by atoms with Gasteiger partial charge in [0.1, 0.15) is 17.7 Å². The molecular weight excluding hydrogens is 250 g/mol. The van der Waals surface area contributed by atoms with Gasteiger partial charge in [-0.05, 0) is 37.6 Å². The number of hydrogen-bond acceptors (Lipinski definition) is 2. The second kappa shape index (κ2) is 6.04. The van der Waals surface area contributed by atoms with Crippen LogP contribution in [0.25, 0.3) is 0 Å². The summed E-state index contributed by atoms with van der Waals surface area (Å²) >= 11 is 0. The molecule has 0 amide bonds. The van der Waals surface area contributed by atoms with Gasteiger partial charge >= 0.3 is 6.18 Å². The molecule has 0 heterocycles. The van der Waals surface area contributed by atoms with Gasteiger partial charge in [0.05, 0.1) is 6.54 Å². The van der Waals surface area contributed by atoms with E-state index in [1.54, 1.807) is 13.8 Å². The van der Waals surface area contributed by atoms with Crippen molar-refractivity contribution in [3.8, 4) is 5.75 Å². The summed E-state index contributed by atoms with van der Waals surface area (Å²) in [5, 5.41) is 2.25. The summed E-state index contributed by atoms with van der Waals surface area (Å²) in [6.45, 7) is 2.25.